The van der Waals surface area contributed by atoms with Gasteiger partial charge in [-0.25, -0.2) is 0 Å². The molecule has 0 spiro atoms. The van der Waals surface area contributed by atoms with Crippen molar-refractivity contribution in [2.45, 2.75) is 38.7 Å². The van der Waals surface area contributed by atoms with Gasteiger partial charge in [-0.15, -0.1) is 0 Å². The van der Waals surface area contributed by atoms with Crippen molar-refractivity contribution < 1.29 is 14.3 Å². The number of rotatable bonds is 6. The molecule has 134 valence electrons. The van der Waals surface area contributed by atoms with Crippen LogP contribution >= 0.6 is 0 Å². The van der Waals surface area contributed by atoms with Gasteiger partial charge in [0, 0.05) is 38.2 Å². The second kappa shape index (κ2) is 8.63. The number of hydrogen-bond acceptors (Lipinski definition) is 4. The molecule has 1 aromatic carbocycles. The summed E-state index contributed by atoms with van der Waals surface area (Å²) in [6.45, 7) is 5.86. The van der Waals surface area contributed by atoms with E-state index in [4.69, 9.17) is 10.00 Å². The second-order valence-corrected chi connectivity index (χ2v) is 6.71. The summed E-state index contributed by atoms with van der Waals surface area (Å²) in [6.07, 6.45) is 0.563. The summed E-state index contributed by atoms with van der Waals surface area (Å²) in [4.78, 5) is 28.3. The quantitative estimate of drug-likeness (QED) is 0.795. The molecule has 0 atom stereocenters. The summed E-state index contributed by atoms with van der Waals surface area (Å²) in [7, 11) is 0. The maximum absolute atomic E-state index is 12.6. The Morgan fingerprint density at radius 3 is 2.64 bits per heavy atom. The van der Waals surface area contributed by atoms with Crippen LogP contribution in [0, 0.1) is 11.3 Å². The first-order chi connectivity index (χ1) is 11.9. The number of nitrogens with zero attached hydrogens (tertiary/aromatic N) is 3. The number of carbonyl (C=O) groups is 2. The lowest BCUT2D eigenvalue weighted by Crippen LogP contribution is -2.50. The van der Waals surface area contributed by atoms with Crippen LogP contribution in [0.3, 0.4) is 0 Å². The summed E-state index contributed by atoms with van der Waals surface area (Å²) in [5, 5.41) is 8.82. The van der Waals surface area contributed by atoms with Crippen LogP contribution in [-0.2, 0) is 14.3 Å². The Labute approximate surface area is 149 Å². The predicted molar refractivity (Wildman–Crippen MR) is 94.9 cm³/mol. The van der Waals surface area contributed by atoms with Gasteiger partial charge < -0.3 is 14.5 Å². The third-order valence-electron chi connectivity index (χ3n) is 4.15. The first-order valence-electron chi connectivity index (χ1n) is 8.57. The van der Waals surface area contributed by atoms with Gasteiger partial charge in [0.2, 0.25) is 11.8 Å². The number of nitriles is 1. The van der Waals surface area contributed by atoms with Crippen LogP contribution in [0.25, 0.3) is 0 Å². The molecule has 0 saturated carbocycles. The molecular weight excluding hydrogens is 318 g/mol. The van der Waals surface area contributed by atoms with E-state index in [0.717, 1.165) is 5.69 Å². The number of benzene rings is 1. The minimum absolute atomic E-state index is 0.0296. The zero-order valence-electron chi connectivity index (χ0n) is 14.9. The van der Waals surface area contributed by atoms with Gasteiger partial charge >= 0.3 is 0 Å². The molecule has 1 saturated heterocycles. The molecule has 1 aliphatic heterocycles. The van der Waals surface area contributed by atoms with E-state index in [1.54, 1.807) is 9.80 Å². The summed E-state index contributed by atoms with van der Waals surface area (Å²) >= 11 is 0. The normalized spacial score (nSPS) is 16.1. The summed E-state index contributed by atoms with van der Waals surface area (Å²) in [6, 6.07) is 11.3. The molecular formula is C19H25N3O3. The van der Waals surface area contributed by atoms with E-state index >= 15 is 0 Å². The lowest BCUT2D eigenvalue weighted by Gasteiger charge is -2.38. The predicted octanol–water partition coefficient (Wildman–Crippen LogP) is 2.35. The number of amides is 2. The zero-order chi connectivity index (χ0) is 18.3. The van der Waals surface area contributed by atoms with Crippen LogP contribution in [0.5, 0.6) is 0 Å². The average molecular weight is 343 g/mol. The Balaban J connectivity index is 1.94. The third-order valence-corrected chi connectivity index (χ3v) is 4.15. The Hall–Kier alpha value is -2.39. The number of carbonyl (C=O) groups excluding carboxylic acids is 2. The van der Waals surface area contributed by atoms with Crippen molar-refractivity contribution in [3.05, 3.63) is 30.3 Å². The van der Waals surface area contributed by atoms with Gasteiger partial charge in [-0.3, -0.25) is 9.59 Å². The molecule has 6 nitrogen and oxygen atoms in total. The van der Waals surface area contributed by atoms with Gasteiger partial charge in [-0.1, -0.05) is 18.2 Å². The molecule has 0 bridgehead atoms. The molecule has 1 fully saturated rings. The fraction of sp³-hybridized carbons (Fsp3) is 0.526. The molecule has 1 heterocycles. The number of anilines is 1. The average Bonchev–Trinajstić information content (AvgIpc) is 2.60. The monoisotopic (exact) mass is 343 g/mol. The van der Waals surface area contributed by atoms with E-state index in [0.29, 0.717) is 26.2 Å². The Morgan fingerprint density at radius 2 is 2.00 bits per heavy atom. The highest BCUT2D eigenvalue weighted by Crippen LogP contribution is 2.19. The lowest BCUT2D eigenvalue weighted by molar-refractivity contribution is -0.146. The van der Waals surface area contributed by atoms with E-state index in [2.05, 4.69) is 6.07 Å². The van der Waals surface area contributed by atoms with Crippen LogP contribution in [-0.4, -0.2) is 48.6 Å². The van der Waals surface area contributed by atoms with Gasteiger partial charge in [-0.05, 0) is 26.0 Å². The van der Waals surface area contributed by atoms with Crippen molar-refractivity contribution in [1.29, 1.82) is 5.26 Å². The highest BCUT2D eigenvalue weighted by Gasteiger charge is 2.30. The molecule has 0 radical (unpaired) electrons. The SMILES string of the molecule is CC1(C)CN(C(=O)CCC(=O)N(CCC#N)c2ccccc2)CCO1. The summed E-state index contributed by atoms with van der Waals surface area (Å²) in [5.74, 6) is -0.166. The topological polar surface area (TPSA) is 73.6 Å². The number of ether oxygens (including phenoxy) is 1. The Morgan fingerprint density at radius 1 is 1.28 bits per heavy atom. The van der Waals surface area contributed by atoms with E-state index < -0.39 is 0 Å². The Bertz CT molecular complexity index is 637. The smallest absolute Gasteiger partial charge is 0.227 e. The molecule has 0 unspecified atom stereocenters. The first kappa shape index (κ1) is 18.9. The molecule has 0 aliphatic carbocycles. The zero-order valence-corrected chi connectivity index (χ0v) is 14.9. The largest absolute Gasteiger partial charge is 0.372 e. The van der Waals surface area contributed by atoms with Gasteiger partial charge in [-0.2, -0.15) is 5.26 Å². The third kappa shape index (κ3) is 5.57. The number of hydrogen-bond donors (Lipinski definition) is 0. The molecule has 2 amide bonds. The lowest BCUT2D eigenvalue weighted by atomic mass is 10.1. The maximum atomic E-state index is 12.6. The van der Waals surface area contributed by atoms with Crippen molar-refractivity contribution in [3.8, 4) is 6.07 Å². The van der Waals surface area contributed by atoms with Crippen molar-refractivity contribution in [2.75, 3.05) is 31.1 Å². The number of morpholine rings is 1. The summed E-state index contributed by atoms with van der Waals surface area (Å²) in [5.41, 5.74) is 0.406. The first-order valence-corrected chi connectivity index (χ1v) is 8.57. The standard InChI is InChI=1S/C19H25N3O3/c1-19(2)15-21(13-14-25-19)17(23)9-10-18(24)22(12-6-11-20)16-7-4-3-5-8-16/h3-5,7-8H,6,9-10,12-15H2,1-2H3. The van der Waals surface area contributed by atoms with E-state index in [-0.39, 0.29) is 36.7 Å². The highest BCUT2D eigenvalue weighted by atomic mass is 16.5. The van der Waals surface area contributed by atoms with Crippen molar-refractivity contribution >= 4 is 17.5 Å². The second-order valence-electron chi connectivity index (χ2n) is 6.71. The molecule has 25 heavy (non-hydrogen) atoms. The molecule has 6 heteroatoms. The minimum Gasteiger partial charge on any atom is -0.372 e. The van der Waals surface area contributed by atoms with Gasteiger partial charge in [0.1, 0.15) is 0 Å². The highest BCUT2D eigenvalue weighted by molar-refractivity contribution is 5.95. The van der Waals surface area contributed by atoms with E-state index in [1.807, 2.05) is 44.2 Å². The van der Waals surface area contributed by atoms with E-state index in [1.165, 1.54) is 0 Å². The van der Waals surface area contributed by atoms with Crippen molar-refractivity contribution in [3.63, 3.8) is 0 Å². The molecule has 0 aromatic heterocycles. The van der Waals surface area contributed by atoms with Gasteiger partial charge in [0.15, 0.2) is 0 Å². The fourth-order valence-electron chi connectivity index (χ4n) is 2.90. The maximum Gasteiger partial charge on any atom is 0.227 e. The van der Waals surface area contributed by atoms with Crippen LogP contribution < -0.4 is 4.90 Å². The van der Waals surface area contributed by atoms with Gasteiger partial charge in [0.05, 0.1) is 24.7 Å². The molecule has 1 aromatic rings. The fourth-order valence-corrected chi connectivity index (χ4v) is 2.90. The van der Waals surface area contributed by atoms with Crippen LogP contribution in [0.1, 0.15) is 33.1 Å². The number of para-hydroxylation sites is 1. The van der Waals surface area contributed by atoms with E-state index in [9.17, 15) is 9.59 Å². The van der Waals surface area contributed by atoms with Crippen LogP contribution in [0.15, 0.2) is 30.3 Å². The summed E-state index contributed by atoms with van der Waals surface area (Å²) < 4.78 is 5.61. The Kier molecular flexibility index (Phi) is 6.54. The molecule has 2 rings (SSSR count). The van der Waals surface area contributed by atoms with Crippen LogP contribution in [0.4, 0.5) is 5.69 Å². The molecule has 1 aliphatic rings. The van der Waals surface area contributed by atoms with Gasteiger partial charge in [0.25, 0.3) is 0 Å². The van der Waals surface area contributed by atoms with Crippen LogP contribution in [0.2, 0.25) is 0 Å². The minimum atomic E-state index is -0.346. The molecule has 0 N–H and O–H groups in total. The van der Waals surface area contributed by atoms with Crippen molar-refractivity contribution in [2.24, 2.45) is 0 Å². The van der Waals surface area contributed by atoms with Crippen molar-refractivity contribution in [1.82, 2.24) is 4.90 Å².